The first-order valence-electron chi connectivity index (χ1n) is 7.38. The molecule has 0 aromatic heterocycles. The van der Waals surface area contributed by atoms with Crippen LogP contribution in [0.2, 0.25) is 0 Å². The van der Waals surface area contributed by atoms with Crippen LogP contribution in [-0.2, 0) is 14.2 Å². The first kappa shape index (κ1) is 34.3. The SMILES string of the molecule is FC(OC(F)=C(OC(F)(F)F)C(F)(F)C(F)(F)C(F)(F)F)=C(OC(F)(F)F)C(F)(F)C(F)(F)C(F)(F)F. The third-order valence-corrected chi connectivity index (χ3v) is 3.04. The first-order valence-corrected chi connectivity index (χ1v) is 7.38. The maximum atomic E-state index is 13.6. The van der Waals surface area contributed by atoms with Gasteiger partial charge < -0.3 is 14.2 Å². The highest BCUT2D eigenvalue weighted by atomic mass is 19.4. The minimum atomic E-state index is -7.87. The minimum absolute atomic E-state index is 1.72. The topological polar surface area (TPSA) is 27.7 Å². The Hall–Kier alpha value is -2.66. The molecule has 0 aromatic rings. The average molecular weight is 610 g/mol. The van der Waals surface area contributed by atoms with E-state index in [9.17, 15) is 96.6 Å². The molecule has 0 aliphatic carbocycles. The molecule has 3 nitrogen and oxygen atoms in total. The van der Waals surface area contributed by atoms with Crippen molar-refractivity contribution in [1.82, 2.24) is 0 Å². The van der Waals surface area contributed by atoms with Crippen LogP contribution in [0.25, 0.3) is 0 Å². The predicted molar refractivity (Wildman–Crippen MR) is 63.5 cm³/mol. The molecule has 0 aliphatic heterocycles. The van der Waals surface area contributed by atoms with Crippen molar-refractivity contribution in [2.45, 2.75) is 48.8 Å². The van der Waals surface area contributed by atoms with Gasteiger partial charge in [-0.15, -0.1) is 26.3 Å². The summed E-state index contributed by atoms with van der Waals surface area (Å²) in [5.41, 5.74) is 0. The van der Waals surface area contributed by atoms with Crippen molar-refractivity contribution in [3.05, 3.63) is 23.5 Å². The molecule has 37 heavy (non-hydrogen) atoms. The second-order valence-corrected chi connectivity index (χ2v) is 5.70. The molecule has 0 aliphatic rings. The summed E-state index contributed by atoms with van der Waals surface area (Å²) in [6, 6.07) is -9.53. The Labute approximate surface area is 184 Å². The van der Waals surface area contributed by atoms with Gasteiger partial charge >= 0.3 is 60.8 Å². The second kappa shape index (κ2) is 9.58. The van der Waals surface area contributed by atoms with Crippen LogP contribution in [0.5, 0.6) is 0 Å². The van der Waals surface area contributed by atoms with Gasteiger partial charge in [0.05, 0.1) is 0 Å². The fourth-order valence-corrected chi connectivity index (χ4v) is 1.50. The van der Waals surface area contributed by atoms with E-state index in [0.29, 0.717) is 0 Å². The van der Waals surface area contributed by atoms with Crippen molar-refractivity contribution in [2.75, 3.05) is 0 Å². The van der Waals surface area contributed by atoms with E-state index in [1.807, 2.05) is 0 Å². The van der Waals surface area contributed by atoms with E-state index in [4.69, 9.17) is 0 Å². The van der Waals surface area contributed by atoms with Crippen LogP contribution in [0.1, 0.15) is 0 Å². The summed E-state index contributed by atoms with van der Waals surface area (Å²) in [5, 5.41) is 0. The smallest absolute Gasteiger partial charge is 0.399 e. The van der Waals surface area contributed by atoms with Crippen molar-refractivity contribution in [1.29, 1.82) is 0 Å². The molecule has 0 spiro atoms. The fourth-order valence-electron chi connectivity index (χ4n) is 1.50. The van der Waals surface area contributed by atoms with Gasteiger partial charge in [0.2, 0.25) is 0 Å². The highest BCUT2D eigenvalue weighted by molar-refractivity contribution is 5.19. The van der Waals surface area contributed by atoms with Crippen molar-refractivity contribution < 1.29 is 111 Å². The zero-order valence-electron chi connectivity index (χ0n) is 15.5. The largest absolute Gasteiger partial charge is 0.573 e. The molecule has 0 bridgehead atoms. The normalized spacial score (nSPS) is 16.7. The number of rotatable bonds is 8. The van der Waals surface area contributed by atoms with Gasteiger partial charge in [0.25, 0.3) is 11.5 Å². The zero-order valence-corrected chi connectivity index (χ0v) is 15.5. The van der Waals surface area contributed by atoms with Crippen molar-refractivity contribution >= 4 is 0 Å². The Bertz CT molecular complexity index is 809. The summed E-state index contributed by atoms with van der Waals surface area (Å²) in [5.74, 6) is -41.0. The highest BCUT2D eigenvalue weighted by Crippen LogP contribution is 2.54. The van der Waals surface area contributed by atoms with Gasteiger partial charge in [-0.3, -0.25) is 0 Å². The van der Waals surface area contributed by atoms with E-state index in [0.717, 1.165) is 0 Å². The van der Waals surface area contributed by atoms with Crippen LogP contribution in [0, 0.1) is 0 Å². The Morgan fingerprint density at radius 3 is 0.757 bits per heavy atom. The lowest BCUT2D eigenvalue weighted by atomic mass is 10.1. The molecule has 0 atom stereocenters. The summed E-state index contributed by atoms with van der Waals surface area (Å²) < 4.78 is 283. The van der Waals surface area contributed by atoms with Gasteiger partial charge in [0.1, 0.15) is 0 Å². The molecule has 25 heteroatoms. The molecule has 0 aromatic carbocycles. The van der Waals surface area contributed by atoms with E-state index < -0.39 is 72.3 Å². The van der Waals surface area contributed by atoms with E-state index in [1.54, 1.807) is 9.47 Å². The van der Waals surface area contributed by atoms with E-state index >= 15 is 0 Å². The van der Waals surface area contributed by atoms with Crippen molar-refractivity contribution in [2.24, 2.45) is 0 Å². The summed E-state index contributed by atoms with van der Waals surface area (Å²) in [7, 11) is 0. The second-order valence-electron chi connectivity index (χ2n) is 5.70. The summed E-state index contributed by atoms with van der Waals surface area (Å²) in [6.45, 7) is 0. The van der Waals surface area contributed by atoms with E-state index in [1.165, 1.54) is 0 Å². The van der Waals surface area contributed by atoms with Crippen LogP contribution in [0.3, 0.4) is 0 Å². The quantitative estimate of drug-likeness (QED) is 0.206. The van der Waals surface area contributed by atoms with Crippen LogP contribution in [-0.4, -0.2) is 48.8 Å². The van der Waals surface area contributed by atoms with Crippen LogP contribution in [0.15, 0.2) is 23.5 Å². The number of hydrogen-bond acceptors (Lipinski definition) is 3. The molecule has 0 N–H and O–H groups in total. The standard InChI is InChI=1S/C12F22O3/c13-3(1(36-11(29,30)31)5(15,16)7(19,20)9(23,24)25)35-4(14)2(37-12(32,33)34)6(17,18)8(21,22)10(26,27)28. The molecule has 0 fully saturated rings. The Morgan fingerprint density at radius 1 is 0.378 bits per heavy atom. The third-order valence-electron chi connectivity index (χ3n) is 3.04. The van der Waals surface area contributed by atoms with Gasteiger partial charge in [-0.2, -0.15) is 70.2 Å². The molecule has 0 radical (unpaired) electrons. The third kappa shape index (κ3) is 7.22. The Kier molecular flexibility index (Phi) is 8.89. The summed E-state index contributed by atoms with van der Waals surface area (Å²) in [6.07, 6.45) is -29.3. The lowest BCUT2D eigenvalue weighted by Crippen LogP contribution is -2.54. The minimum Gasteiger partial charge on any atom is -0.399 e. The molecule has 0 amide bonds. The van der Waals surface area contributed by atoms with Gasteiger partial charge in [0.15, 0.2) is 0 Å². The number of hydrogen-bond donors (Lipinski definition) is 0. The number of allylic oxidation sites excluding steroid dienone is 2. The molecular formula is C12F22O3. The van der Waals surface area contributed by atoms with Gasteiger partial charge in [-0.05, 0) is 0 Å². The lowest BCUT2D eigenvalue weighted by Gasteiger charge is -2.30. The maximum absolute atomic E-state index is 13.6. The maximum Gasteiger partial charge on any atom is 0.573 e. The molecule has 0 saturated heterocycles. The van der Waals surface area contributed by atoms with Crippen LogP contribution >= 0.6 is 0 Å². The van der Waals surface area contributed by atoms with Crippen molar-refractivity contribution in [3.63, 3.8) is 0 Å². The van der Waals surface area contributed by atoms with Gasteiger partial charge in [-0.25, -0.2) is 0 Å². The zero-order chi connectivity index (χ0) is 30.4. The van der Waals surface area contributed by atoms with Crippen molar-refractivity contribution in [3.8, 4) is 0 Å². The van der Waals surface area contributed by atoms with Crippen LogP contribution < -0.4 is 0 Å². The van der Waals surface area contributed by atoms with Gasteiger partial charge in [-0.1, -0.05) is 0 Å². The highest BCUT2D eigenvalue weighted by Gasteiger charge is 2.78. The molecular weight excluding hydrogens is 610 g/mol. The Balaban J connectivity index is 7.30. The molecule has 220 valence electrons. The molecule has 0 saturated carbocycles. The Morgan fingerprint density at radius 2 is 0.595 bits per heavy atom. The molecule has 0 unspecified atom stereocenters. The molecule has 0 heterocycles. The summed E-state index contributed by atoms with van der Waals surface area (Å²) >= 11 is 0. The lowest BCUT2D eigenvalue weighted by molar-refractivity contribution is -0.375. The summed E-state index contributed by atoms with van der Waals surface area (Å²) in [4.78, 5) is 0. The number of halogens is 22. The number of alkyl halides is 20. The first-order chi connectivity index (χ1) is 15.7. The van der Waals surface area contributed by atoms with Gasteiger partial charge in [0, 0.05) is 0 Å². The fraction of sp³-hybridized carbons (Fsp3) is 0.667. The van der Waals surface area contributed by atoms with Crippen LogP contribution in [0.4, 0.5) is 96.6 Å². The number of ether oxygens (including phenoxy) is 3. The average Bonchev–Trinajstić information content (AvgIpc) is 2.60. The van der Waals surface area contributed by atoms with E-state index in [2.05, 4.69) is 4.74 Å². The molecule has 0 rings (SSSR count). The predicted octanol–water partition coefficient (Wildman–Crippen LogP) is 8.02. The monoisotopic (exact) mass is 610 g/mol. The van der Waals surface area contributed by atoms with E-state index in [-0.39, 0.29) is 0 Å².